The summed E-state index contributed by atoms with van der Waals surface area (Å²) in [6.45, 7) is 2.63. The highest BCUT2D eigenvalue weighted by Gasteiger charge is 2.02. The minimum atomic E-state index is -0.316. The number of hydrogen-bond acceptors (Lipinski definition) is 3. The Morgan fingerprint density at radius 2 is 1.77 bits per heavy atom. The second-order valence-corrected chi connectivity index (χ2v) is 7.42. The summed E-state index contributed by atoms with van der Waals surface area (Å²) < 4.78 is 10.5. The Morgan fingerprint density at radius 3 is 2.53 bits per heavy atom. The van der Waals surface area contributed by atoms with E-state index in [0.717, 1.165) is 37.0 Å². The van der Waals surface area contributed by atoms with Gasteiger partial charge in [0, 0.05) is 0 Å². The van der Waals surface area contributed by atoms with Crippen LogP contribution >= 0.6 is 0 Å². The first-order valence-electron chi connectivity index (χ1n) is 11.0. The quantitative estimate of drug-likeness (QED) is 0.157. The van der Waals surface area contributed by atoms with Crippen molar-refractivity contribution in [3.63, 3.8) is 0 Å². The fourth-order valence-electron chi connectivity index (χ4n) is 3.24. The molecule has 0 aliphatic heterocycles. The van der Waals surface area contributed by atoms with Crippen molar-refractivity contribution in [2.24, 2.45) is 0 Å². The van der Waals surface area contributed by atoms with Gasteiger partial charge < -0.3 is 9.47 Å². The van der Waals surface area contributed by atoms with E-state index < -0.39 is 0 Å². The lowest BCUT2D eigenvalue weighted by molar-refractivity contribution is -0.137. The van der Waals surface area contributed by atoms with Crippen LogP contribution in [-0.2, 0) is 16.0 Å². The number of esters is 1. The summed E-state index contributed by atoms with van der Waals surface area (Å²) in [6.07, 6.45) is 12.2. The number of hydrogen-bond donors (Lipinski definition) is 0. The van der Waals surface area contributed by atoms with E-state index in [0.29, 0.717) is 6.61 Å². The summed E-state index contributed by atoms with van der Waals surface area (Å²) in [5.41, 5.74) is 6.50. The highest BCUT2D eigenvalue weighted by atomic mass is 16.5. The van der Waals surface area contributed by atoms with Crippen LogP contribution in [0.3, 0.4) is 0 Å². The molecule has 0 fully saturated rings. The van der Waals surface area contributed by atoms with Gasteiger partial charge in [0.05, 0.1) is 19.8 Å². The van der Waals surface area contributed by atoms with Crippen molar-refractivity contribution < 1.29 is 14.3 Å². The second kappa shape index (κ2) is 14.3. The molecule has 30 heavy (non-hydrogen) atoms. The summed E-state index contributed by atoms with van der Waals surface area (Å²) in [5, 5.41) is 0. The fourth-order valence-corrected chi connectivity index (χ4v) is 3.24. The molecule has 0 atom stereocenters. The minimum absolute atomic E-state index is 0.316. The van der Waals surface area contributed by atoms with Crippen LogP contribution in [0, 0.1) is 0 Å². The Labute approximate surface area is 181 Å². The Morgan fingerprint density at radius 1 is 0.967 bits per heavy atom. The zero-order chi connectivity index (χ0) is 21.4. The maximum Gasteiger partial charge on any atom is 0.338 e. The van der Waals surface area contributed by atoms with Gasteiger partial charge in [-0.3, -0.25) is 0 Å². The summed E-state index contributed by atoms with van der Waals surface area (Å²) >= 11 is 0. The van der Waals surface area contributed by atoms with Gasteiger partial charge in [-0.2, -0.15) is 0 Å². The topological polar surface area (TPSA) is 35.5 Å². The van der Waals surface area contributed by atoms with E-state index in [9.17, 15) is 4.79 Å². The lowest BCUT2D eigenvalue weighted by Crippen LogP contribution is -2.03. The molecule has 0 amide bonds. The van der Waals surface area contributed by atoms with E-state index in [1.54, 1.807) is 7.11 Å². The summed E-state index contributed by atoms with van der Waals surface area (Å²) in [6, 6.07) is 16.5. The number of carbonyl (C=O) groups excluding carboxylic acids is 1. The third kappa shape index (κ3) is 9.15. The molecule has 0 aliphatic rings. The van der Waals surface area contributed by atoms with Crippen LogP contribution in [0.25, 0.3) is 11.1 Å². The molecule has 3 nitrogen and oxygen atoms in total. The number of benzene rings is 2. The van der Waals surface area contributed by atoms with Crippen molar-refractivity contribution in [2.45, 2.75) is 58.3 Å². The molecule has 0 aliphatic carbocycles. The molecule has 2 rings (SSSR count). The molecule has 3 heteroatoms. The number of unbranched alkanes of at least 4 members (excludes halogenated alkanes) is 5. The average Bonchev–Trinajstić information content (AvgIpc) is 2.79. The molecule has 0 N–H and O–H groups in total. The molecule has 0 saturated carbocycles. The standard InChI is InChI=1S/C27H34O3/c1-3-4-5-6-7-8-9-10-16-27(28)30-21-12-14-23-13-11-15-25(22-23)24-17-19-26(29-2)20-18-24/h9,11,13,15-20,22H,3-8,12,14,21H2,1-2H3. The smallest absolute Gasteiger partial charge is 0.338 e. The first-order chi connectivity index (χ1) is 14.7. The molecular formula is C27H34O3. The van der Waals surface area contributed by atoms with E-state index in [1.807, 2.05) is 18.2 Å². The third-order valence-corrected chi connectivity index (χ3v) is 4.98. The van der Waals surface area contributed by atoms with Crippen molar-refractivity contribution in [3.8, 4) is 16.9 Å². The number of rotatable bonds is 13. The van der Waals surface area contributed by atoms with Gasteiger partial charge in [0.15, 0.2) is 0 Å². The van der Waals surface area contributed by atoms with Crippen LogP contribution in [0.5, 0.6) is 5.75 Å². The highest BCUT2D eigenvalue weighted by Crippen LogP contribution is 2.23. The number of carbonyl (C=O) groups is 1. The van der Waals surface area contributed by atoms with E-state index in [-0.39, 0.29) is 5.97 Å². The number of aryl methyl sites for hydroxylation is 1. The fraction of sp³-hybridized carbons (Fsp3) is 0.407. The van der Waals surface area contributed by atoms with Crippen LogP contribution in [0.2, 0.25) is 0 Å². The molecule has 0 aromatic heterocycles. The molecule has 2 aromatic carbocycles. The molecule has 0 radical (unpaired) electrons. The zero-order valence-electron chi connectivity index (χ0n) is 18.4. The van der Waals surface area contributed by atoms with Gasteiger partial charge in [-0.05, 0) is 60.6 Å². The lowest BCUT2D eigenvalue weighted by atomic mass is 10.0. The molecule has 0 spiro atoms. The van der Waals surface area contributed by atoms with Gasteiger partial charge >= 0.3 is 5.97 Å². The lowest BCUT2D eigenvalue weighted by Gasteiger charge is -2.07. The van der Waals surface area contributed by atoms with Gasteiger partial charge in [-0.25, -0.2) is 4.79 Å². The van der Waals surface area contributed by atoms with Crippen molar-refractivity contribution in [1.82, 2.24) is 0 Å². The Hall–Kier alpha value is -2.77. The molecule has 0 heterocycles. The van der Waals surface area contributed by atoms with Gasteiger partial charge in [-0.1, -0.05) is 69.0 Å². The largest absolute Gasteiger partial charge is 0.497 e. The molecular weight excluding hydrogens is 372 g/mol. The summed E-state index contributed by atoms with van der Waals surface area (Å²) in [5.74, 6) is 0.539. The van der Waals surface area contributed by atoms with Crippen molar-refractivity contribution in [3.05, 3.63) is 72.0 Å². The van der Waals surface area contributed by atoms with Crippen LogP contribution < -0.4 is 4.74 Å². The predicted molar refractivity (Wildman–Crippen MR) is 124 cm³/mol. The zero-order valence-corrected chi connectivity index (χ0v) is 18.4. The minimum Gasteiger partial charge on any atom is -0.497 e. The first kappa shape index (κ1) is 23.5. The second-order valence-electron chi connectivity index (χ2n) is 7.42. The Bertz CT molecular complexity index is 814. The van der Waals surface area contributed by atoms with Crippen LogP contribution in [-0.4, -0.2) is 19.7 Å². The number of ether oxygens (including phenoxy) is 2. The Balaban J connectivity index is 1.68. The molecule has 0 saturated heterocycles. The van der Waals surface area contributed by atoms with Gasteiger partial charge in [0.2, 0.25) is 0 Å². The van der Waals surface area contributed by atoms with Crippen molar-refractivity contribution in [1.29, 1.82) is 0 Å². The maximum absolute atomic E-state index is 11.7. The monoisotopic (exact) mass is 406 g/mol. The van der Waals surface area contributed by atoms with Crippen molar-refractivity contribution >= 4 is 5.97 Å². The summed E-state index contributed by atoms with van der Waals surface area (Å²) in [7, 11) is 1.67. The van der Waals surface area contributed by atoms with E-state index in [2.05, 4.69) is 49.1 Å². The van der Waals surface area contributed by atoms with E-state index in [4.69, 9.17) is 9.47 Å². The highest BCUT2D eigenvalue weighted by molar-refractivity contribution is 5.81. The normalized spacial score (nSPS) is 10.2. The third-order valence-electron chi connectivity index (χ3n) is 4.98. The van der Waals surface area contributed by atoms with Gasteiger partial charge in [-0.15, -0.1) is 5.73 Å². The van der Waals surface area contributed by atoms with Gasteiger partial charge in [0.25, 0.3) is 0 Å². The molecule has 0 unspecified atom stereocenters. The summed E-state index contributed by atoms with van der Waals surface area (Å²) in [4.78, 5) is 11.7. The van der Waals surface area contributed by atoms with E-state index in [1.165, 1.54) is 42.9 Å². The Kier molecular flexibility index (Phi) is 11.2. The van der Waals surface area contributed by atoms with Crippen LogP contribution in [0.4, 0.5) is 0 Å². The maximum atomic E-state index is 11.7. The van der Waals surface area contributed by atoms with Crippen LogP contribution in [0.1, 0.15) is 57.4 Å². The SMILES string of the molecule is CCCCCCCC=C=CC(=O)OCCCc1cccc(-c2ccc(OC)cc2)c1. The van der Waals surface area contributed by atoms with E-state index >= 15 is 0 Å². The number of methoxy groups -OCH3 is 1. The average molecular weight is 407 g/mol. The van der Waals surface area contributed by atoms with Gasteiger partial charge in [0.1, 0.15) is 5.75 Å². The molecule has 0 bridgehead atoms. The van der Waals surface area contributed by atoms with Crippen molar-refractivity contribution in [2.75, 3.05) is 13.7 Å². The molecule has 2 aromatic rings. The van der Waals surface area contributed by atoms with Crippen LogP contribution in [0.15, 0.2) is 66.4 Å². The predicted octanol–water partition coefficient (Wildman–Crippen LogP) is 6.91. The molecule has 160 valence electrons. The first-order valence-corrected chi connectivity index (χ1v) is 11.0.